The lowest BCUT2D eigenvalue weighted by Gasteiger charge is -2.29. The molecule has 1 N–H and O–H groups in total. The number of hydrogen-bond acceptors (Lipinski definition) is 2. The fourth-order valence-corrected chi connectivity index (χ4v) is 3.67. The highest BCUT2D eigenvalue weighted by molar-refractivity contribution is 9.10. The van der Waals surface area contributed by atoms with Gasteiger partial charge in [0.1, 0.15) is 0 Å². The Morgan fingerprint density at radius 3 is 2.93 bits per heavy atom. The molecule has 2 rings (SSSR count). The summed E-state index contributed by atoms with van der Waals surface area (Å²) in [5.41, 5.74) is 1.21. The van der Waals surface area contributed by atoms with Crippen LogP contribution in [-0.4, -0.2) is 17.5 Å². The van der Waals surface area contributed by atoms with E-state index in [-0.39, 0.29) is 0 Å². The monoisotopic (exact) mass is 305 g/mol. The zero-order chi connectivity index (χ0) is 10.8. The fraction of sp³-hybridized carbons (Fsp3) is 0.455. The van der Waals surface area contributed by atoms with Crippen LogP contribution in [-0.2, 0) is 0 Å². The average molecular weight is 307 g/mol. The van der Waals surface area contributed by atoms with Crippen molar-refractivity contribution in [2.75, 3.05) is 11.5 Å². The standard InChI is InChI=1S/C11H13BrClNS/c1-7-5-15-6-11(14-7)9-3-2-8(12)4-10(9)13/h2-4,7,11,14H,5-6H2,1H3. The Kier molecular flexibility index (Phi) is 3.99. The van der Waals surface area contributed by atoms with Crippen LogP contribution in [0.4, 0.5) is 0 Å². The zero-order valence-corrected chi connectivity index (χ0v) is 11.6. The van der Waals surface area contributed by atoms with Crippen molar-refractivity contribution in [1.82, 2.24) is 5.32 Å². The molecule has 1 nitrogen and oxygen atoms in total. The maximum atomic E-state index is 6.23. The first-order valence-electron chi connectivity index (χ1n) is 4.95. The second kappa shape index (κ2) is 5.09. The van der Waals surface area contributed by atoms with Crippen molar-refractivity contribution in [2.24, 2.45) is 0 Å². The highest BCUT2D eigenvalue weighted by atomic mass is 79.9. The van der Waals surface area contributed by atoms with E-state index in [2.05, 4.69) is 34.2 Å². The van der Waals surface area contributed by atoms with Gasteiger partial charge < -0.3 is 5.32 Å². The van der Waals surface area contributed by atoms with Crippen LogP contribution in [0.15, 0.2) is 22.7 Å². The fourth-order valence-electron chi connectivity index (χ4n) is 1.77. The van der Waals surface area contributed by atoms with E-state index in [4.69, 9.17) is 11.6 Å². The molecule has 2 atom stereocenters. The summed E-state index contributed by atoms with van der Waals surface area (Å²) in [6.45, 7) is 2.21. The van der Waals surface area contributed by atoms with Crippen LogP contribution in [0.2, 0.25) is 5.02 Å². The summed E-state index contributed by atoms with van der Waals surface area (Å²) >= 11 is 11.6. The molecule has 0 aliphatic carbocycles. The van der Waals surface area contributed by atoms with E-state index in [0.29, 0.717) is 12.1 Å². The predicted molar refractivity (Wildman–Crippen MR) is 71.8 cm³/mol. The first-order chi connectivity index (χ1) is 7.16. The maximum absolute atomic E-state index is 6.23. The van der Waals surface area contributed by atoms with Gasteiger partial charge in [-0.15, -0.1) is 0 Å². The van der Waals surface area contributed by atoms with Crippen molar-refractivity contribution in [1.29, 1.82) is 0 Å². The highest BCUT2D eigenvalue weighted by Crippen LogP contribution is 2.31. The molecule has 1 aliphatic rings. The summed E-state index contributed by atoms with van der Waals surface area (Å²) in [5, 5.41) is 4.42. The number of hydrogen-bond donors (Lipinski definition) is 1. The third-order valence-electron chi connectivity index (χ3n) is 2.48. The molecule has 0 saturated carbocycles. The van der Waals surface area contributed by atoms with Crippen molar-refractivity contribution >= 4 is 39.3 Å². The quantitative estimate of drug-likeness (QED) is 0.845. The van der Waals surface area contributed by atoms with Gasteiger partial charge in [0.15, 0.2) is 0 Å². The molecule has 1 aromatic rings. The Hall–Kier alpha value is 0.300. The van der Waals surface area contributed by atoms with E-state index >= 15 is 0 Å². The number of rotatable bonds is 1. The largest absolute Gasteiger partial charge is 0.306 e. The van der Waals surface area contributed by atoms with E-state index in [1.165, 1.54) is 11.3 Å². The predicted octanol–water partition coefficient (Wildman–Crippen LogP) is 3.87. The Labute approximate surface area is 108 Å². The molecule has 0 amide bonds. The minimum atomic E-state index is 0.388. The summed E-state index contributed by atoms with van der Waals surface area (Å²) in [5.74, 6) is 2.29. The van der Waals surface area contributed by atoms with Crippen LogP contribution >= 0.6 is 39.3 Å². The Bertz CT molecular complexity index is 358. The molecule has 1 aromatic carbocycles. The number of halogens is 2. The van der Waals surface area contributed by atoms with Crippen LogP contribution < -0.4 is 5.32 Å². The van der Waals surface area contributed by atoms with Crippen molar-refractivity contribution in [2.45, 2.75) is 19.0 Å². The molecule has 1 aliphatic heterocycles. The molecule has 1 heterocycles. The maximum Gasteiger partial charge on any atom is 0.0465 e. The lowest BCUT2D eigenvalue weighted by molar-refractivity contribution is 0.503. The minimum absolute atomic E-state index is 0.388. The number of benzene rings is 1. The Morgan fingerprint density at radius 1 is 1.47 bits per heavy atom. The Balaban J connectivity index is 2.21. The van der Waals surface area contributed by atoms with E-state index in [1.54, 1.807) is 0 Å². The lowest BCUT2D eigenvalue weighted by Crippen LogP contribution is -2.38. The Morgan fingerprint density at radius 2 is 2.27 bits per heavy atom. The number of nitrogens with one attached hydrogen (secondary N) is 1. The van der Waals surface area contributed by atoms with E-state index in [1.807, 2.05) is 23.9 Å². The second-order valence-electron chi connectivity index (χ2n) is 3.82. The van der Waals surface area contributed by atoms with Crippen LogP contribution in [0, 0.1) is 0 Å². The molecule has 0 bridgehead atoms. The normalized spacial score (nSPS) is 26.6. The van der Waals surface area contributed by atoms with Crippen molar-refractivity contribution in [3.05, 3.63) is 33.3 Å². The summed E-state index contributed by atoms with van der Waals surface area (Å²) < 4.78 is 1.03. The van der Waals surface area contributed by atoms with Crippen LogP contribution in [0.5, 0.6) is 0 Å². The molecule has 0 spiro atoms. The van der Waals surface area contributed by atoms with E-state index in [0.717, 1.165) is 15.2 Å². The summed E-state index contributed by atoms with van der Waals surface area (Å²) in [4.78, 5) is 0. The summed E-state index contributed by atoms with van der Waals surface area (Å²) in [6, 6.07) is 7.06. The molecule has 0 radical (unpaired) electrons. The summed E-state index contributed by atoms with van der Waals surface area (Å²) in [7, 11) is 0. The lowest BCUT2D eigenvalue weighted by atomic mass is 10.1. The molecule has 2 unspecified atom stereocenters. The third-order valence-corrected chi connectivity index (χ3v) is 4.60. The van der Waals surface area contributed by atoms with Gasteiger partial charge in [-0.3, -0.25) is 0 Å². The zero-order valence-electron chi connectivity index (χ0n) is 8.47. The molecular weight excluding hydrogens is 294 g/mol. The minimum Gasteiger partial charge on any atom is -0.306 e. The molecule has 4 heteroatoms. The van der Waals surface area contributed by atoms with Gasteiger partial charge in [0.25, 0.3) is 0 Å². The van der Waals surface area contributed by atoms with Gasteiger partial charge >= 0.3 is 0 Å². The third kappa shape index (κ3) is 2.90. The number of thioether (sulfide) groups is 1. The molecule has 82 valence electrons. The van der Waals surface area contributed by atoms with Crippen LogP contribution in [0.25, 0.3) is 0 Å². The highest BCUT2D eigenvalue weighted by Gasteiger charge is 2.21. The second-order valence-corrected chi connectivity index (χ2v) is 6.22. The molecule has 1 saturated heterocycles. The van der Waals surface area contributed by atoms with Crippen molar-refractivity contribution in [3.8, 4) is 0 Å². The van der Waals surface area contributed by atoms with Crippen molar-refractivity contribution in [3.63, 3.8) is 0 Å². The first-order valence-corrected chi connectivity index (χ1v) is 7.28. The van der Waals surface area contributed by atoms with Crippen LogP contribution in [0.1, 0.15) is 18.5 Å². The smallest absolute Gasteiger partial charge is 0.0465 e. The molecular formula is C11H13BrClNS. The molecule has 1 fully saturated rings. The molecule has 0 aromatic heterocycles. The van der Waals surface area contributed by atoms with Gasteiger partial charge in [0.2, 0.25) is 0 Å². The van der Waals surface area contributed by atoms with Gasteiger partial charge in [-0.1, -0.05) is 33.6 Å². The first kappa shape index (κ1) is 11.8. The van der Waals surface area contributed by atoms with Gasteiger partial charge in [0, 0.05) is 33.1 Å². The van der Waals surface area contributed by atoms with E-state index < -0.39 is 0 Å². The van der Waals surface area contributed by atoms with Gasteiger partial charge in [-0.2, -0.15) is 11.8 Å². The topological polar surface area (TPSA) is 12.0 Å². The van der Waals surface area contributed by atoms with Gasteiger partial charge in [0.05, 0.1) is 0 Å². The SMILES string of the molecule is CC1CSCC(c2ccc(Br)cc2Cl)N1. The van der Waals surface area contributed by atoms with E-state index in [9.17, 15) is 0 Å². The van der Waals surface area contributed by atoms with Crippen LogP contribution in [0.3, 0.4) is 0 Å². The van der Waals surface area contributed by atoms with Gasteiger partial charge in [-0.25, -0.2) is 0 Å². The summed E-state index contributed by atoms with van der Waals surface area (Å²) in [6.07, 6.45) is 0. The van der Waals surface area contributed by atoms with Gasteiger partial charge in [-0.05, 0) is 24.6 Å². The molecule has 15 heavy (non-hydrogen) atoms. The van der Waals surface area contributed by atoms with Crippen molar-refractivity contribution < 1.29 is 0 Å². The average Bonchev–Trinajstić information content (AvgIpc) is 2.17.